The van der Waals surface area contributed by atoms with Crippen LogP contribution in [0.5, 0.6) is 0 Å². The van der Waals surface area contributed by atoms with E-state index in [1.165, 1.54) is 103 Å². The van der Waals surface area contributed by atoms with Gasteiger partial charge >= 0.3 is 0 Å². The summed E-state index contributed by atoms with van der Waals surface area (Å²) in [7, 11) is -4.35. The van der Waals surface area contributed by atoms with Gasteiger partial charge < -0.3 is 10.4 Å². The van der Waals surface area contributed by atoms with Crippen molar-refractivity contribution in [3.05, 3.63) is 48.6 Å². The van der Waals surface area contributed by atoms with Gasteiger partial charge in [0.25, 0.3) is 10.1 Å². The lowest BCUT2D eigenvalue weighted by Crippen LogP contribution is -2.46. The van der Waals surface area contributed by atoms with E-state index in [-0.39, 0.29) is 12.3 Å². The minimum absolute atomic E-state index is 0.259. The zero-order valence-electron chi connectivity index (χ0n) is 31.1. The summed E-state index contributed by atoms with van der Waals surface area (Å²) < 4.78 is 32.4. The van der Waals surface area contributed by atoms with Crippen molar-refractivity contribution >= 4 is 16.0 Å². The average Bonchev–Trinajstić information content (AvgIpc) is 3.05. The molecule has 0 aromatic carbocycles. The number of rotatable bonds is 35. The van der Waals surface area contributed by atoms with Crippen molar-refractivity contribution in [2.45, 2.75) is 199 Å². The minimum atomic E-state index is -4.35. The van der Waals surface area contributed by atoms with Gasteiger partial charge in [0.05, 0.1) is 17.9 Å². The van der Waals surface area contributed by atoms with Gasteiger partial charge in [-0.2, -0.15) is 8.42 Å². The number of unbranched alkanes of at least 4 members (excludes halogenated alkanes) is 21. The van der Waals surface area contributed by atoms with Gasteiger partial charge in [-0.05, 0) is 51.4 Å². The second-order valence-electron chi connectivity index (χ2n) is 13.5. The first-order valence-electron chi connectivity index (χ1n) is 19.8. The van der Waals surface area contributed by atoms with Crippen LogP contribution in [0.15, 0.2) is 48.6 Å². The van der Waals surface area contributed by atoms with Crippen molar-refractivity contribution in [2.75, 3.05) is 5.75 Å². The molecule has 0 saturated heterocycles. The Hall–Kier alpha value is -1.70. The molecule has 48 heavy (non-hydrogen) atoms. The third-order valence-electron chi connectivity index (χ3n) is 8.76. The predicted octanol–water partition coefficient (Wildman–Crippen LogP) is 11.5. The van der Waals surface area contributed by atoms with Gasteiger partial charge in [-0.1, -0.05) is 178 Å². The number of hydrogen-bond donors (Lipinski definition) is 3. The first-order chi connectivity index (χ1) is 23.3. The molecule has 0 spiro atoms. The molecule has 0 rings (SSSR count). The Morgan fingerprint density at radius 2 is 1.00 bits per heavy atom. The summed E-state index contributed by atoms with van der Waals surface area (Å²) in [5.41, 5.74) is 0. The molecule has 1 amide bonds. The molecule has 0 bridgehead atoms. The fraction of sp³-hybridized carbons (Fsp3) is 0.780. The highest BCUT2D eigenvalue weighted by atomic mass is 32.2. The van der Waals surface area contributed by atoms with E-state index in [1.807, 2.05) is 6.08 Å². The highest BCUT2D eigenvalue weighted by Crippen LogP contribution is 2.15. The van der Waals surface area contributed by atoms with Gasteiger partial charge in [0, 0.05) is 6.42 Å². The van der Waals surface area contributed by atoms with Crippen molar-refractivity contribution in [1.29, 1.82) is 0 Å². The van der Waals surface area contributed by atoms with E-state index in [4.69, 9.17) is 0 Å². The third kappa shape index (κ3) is 35.6. The van der Waals surface area contributed by atoms with Crippen LogP contribution in [-0.4, -0.2) is 41.9 Å². The predicted molar refractivity (Wildman–Crippen MR) is 207 cm³/mol. The summed E-state index contributed by atoms with van der Waals surface area (Å²) >= 11 is 0. The van der Waals surface area contributed by atoms with Crippen LogP contribution in [-0.2, 0) is 14.9 Å². The lowest BCUT2D eigenvalue weighted by molar-refractivity contribution is -0.122. The molecule has 0 aliphatic rings. The summed E-state index contributed by atoms with van der Waals surface area (Å²) in [6.07, 6.45) is 46.7. The van der Waals surface area contributed by atoms with Crippen LogP contribution < -0.4 is 5.32 Å². The van der Waals surface area contributed by atoms with Crippen LogP contribution in [0, 0.1) is 0 Å². The molecule has 2 unspecified atom stereocenters. The molecule has 3 N–H and O–H groups in total. The molecule has 0 aromatic rings. The number of carbonyl (C=O) groups excluding carboxylic acids is 1. The molecule has 0 saturated carbocycles. The molecule has 2 atom stereocenters. The number of amides is 1. The second kappa shape index (κ2) is 35.1. The van der Waals surface area contributed by atoms with Gasteiger partial charge in [-0.25, -0.2) is 0 Å². The number of aliphatic hydroxyl groups excluding tert-OH is 1. The van der Waals surface area contributed by atoms with Gasteiger partial charge in [0.15, 0.2) is 0 Å². The molecule has 0 aliphatic heterocycles. The van der Waals surface area contributed by atoms with Crippen molar-refractivity contribution in [3.63, 3.8) is 0 Å². The van der Waals surface area contributed by atoms with E-state index in [9.17, 15) is 22.9 Å². The van der Waals surface area contributed by atoms with Crippen LogP contribution in [0.25, 0.3) is 0 Å². The molecule has 0 radical (unpaired) electrons. The standard InChI is InChI=1S/C41H75NO5S/c1-3-5-7-9-11-13-15-17-18-19-20-21-22-23-25-26-28-30-32-34-36-40(43)39(38-48(45,46)47)42-41(44)37-35-33-31-29-27-24-16-14-12-10-8-6-4-2/h6,8,12,14,24,27,34,36,39-40,43H,3-5,7,9-11,13,15-23,25-26,28-33,35,37-38H2,1-2H3,(H,42,44)(H,45,46,47)/b8-6-,14-12-,27-24-,36-34+. The quantitative estimate of drug-likeness (QED) is 0.0348. The minimum Gasteiger partial charge on any atom is -0.387 e. The van der Waals surface area contributed by atoms with E-state index >= 15 is 0 Å². The van der Waals surface area contributed by atoms with Crippen LogP contribution >= 0.6 is 0 Å². The maximum absolute atomic E-state index is 12.5. The van der Waals surface area contributed by atoms with Crippen LogP contribution in [0.4, 0.5) is 0 Å². The number of allylic oxidation sites excluding steroid dienone is 7. The first kappa shape index (κ1) is 46.3. The number of hydrogen-bond acceptors (Lipinski definition) is 4. The summed E-state index contributed by atoms with van der Waals surface area (Å²) in [5, 5.41) is 13.2. The maximum atomic E-state index is 12.5. The van der Waals surface area contributed by atoms with Gasteiger partial charge in [-0.15, -0.1) is 0 Å². The SMILES string of the molecule is CC/C=C\C/C=C\C/C=C\CCCCCC(=O)NC(CS(=O)(=O)O)C(O)/C=C/CCCCCCCCCCCCCCCCCCCC. The summed E-state index contributed by atoms with van der Waals surface area (Å²) in [4.78, 5) is 12.5. The Bertz CT molecular complexity index is 940. The van der Waals surface area contributed by atoms with Crippen molar-refractivity contribution in [2.24, 2.45) is 0 Å². The Morgan fingerprint density at radius 3 is 1.48 bits per heavy atom. The summed E-state index contributed by atoms with van der Waals surface area (Å²) in [5.74, 6) is -1.02. The highest BCUT2D eigenvalue weighted by molar-refractivity contribution is 7.85. The third-order valence-corrected chi connectivity index (χ3v) is 9.54. The van der Waals surface area contributed by atoms with Crippen LogP contribution in [0.3, 0.4) is 0 Å². The number of aliphatic hydroxyl groups is 1. The van der Waals surface area contributed by atoms with E-state index in [0.29, 0.717) is 6.42 Å². The van der Waals surface area contributed by atoms with Gasteiger partial charge in [0.2, 0.25) is 5.91 Å². The Kier molecular flexibility index (Phi) is 33.9. The Morgan fingerprint density at radius 1 is 0.583 bits per heavy atom. The van der Waals surface area contributed by atoms with E-state index in [1.54, 1.807) is 6.08 Å². The fourth-order valence-corrected chi connectivity index (χ4v) is 6.55. The zero-order valence-corrected chi connectivity index (χ0v) is 31.9. The summed E-state index contributed by atoms with van der Waals surface area (Å²) in [6, 6.07) is -1.07. The van der Waals surface area contributed by atoms with E-state index < -0.39 is 28.0 Å². The molecule has 0 aliphatic carbocycles. The molecule has 280 valence electrons. The molecule has 0 heterocycles. The molecular formula is C41H75NO5S. The highest BCUT2D eigenvalue weighted by Gasteiger charge is 2.24. The Labute approximate surface area is 297 Å². The first-order valence-corrected chi connectivity index (χ1v) is 21.4. The number of nitrogens with one attached hydrogen (secondary N) is 1. The van der Waals surface area contributed by atoms with Crippen molar-refractivity contribution in [3.8, 4) is 0 Å². The normalized spacial score (nSPS) is 13.8. The van der Waals surface area contributed by atoms with Gasteiger partial charge in [-0.3, -0.25) is 9.35 Å². The van der Waals surface area contributed by atoms with E-state index in [2.05, 4.69) is 55.6 Å². The van der Waals surface area contributed by atoms with Crippen LogP contribution in [0.1, 0.15) is 187 Å². The largest absolute Gasteiger partial charge is 0.387 e. The lowest BCUT2D eigenvalue weighted by atomic mass is 10.0. The fourth-order valence-electron chi connectivity index (χ4n) is 5.82. The average molecular weight is 694 g/mol. The monoisotopic (exact) mass is 694 g/mol. The second-order valence-corrected chi connectivity index (χ2v) is 15.0. The van der Waals surface area contributed by atoms with Crippen molar-refractivity contribution in [1.82, 2.24) is 5.32 Å². The van der Waals surface area contributed by atoms with Crippen LogP contribution in [0.2, 0.25) is 0 Å². The summed E-state index contributed by atoms with van der Waals surface area (Å²) in [6.45, 7) is 4.40. The smallest absolute Gasteiger partial charge is 0.267 e. The molecule has 7 heteroatoms. The molecule has 0 aromatic heterocycles. The Balaban J connectivity index is 3.95. The number of carbonyl (C=O) groups is 1. The molecular weight excluding hydrogens is 619 g/mol. The molecule has 6 nitrogen and oxygen atoms in total. The lowest BCUT2D eigenvalue weighted by Gasteiger charge is -2.21. The van der Waals surface area contributed by atoms with E-state index in [0.717, 1.165) is 57.8 Å². The van der Waals surface area contributed by atoms with Gasteiger partial charge in [0.1, 0.15) is 0 Å². The topological polar surface area (TPSA) is 104 Å². The van der Waals surface area contributed by atoms with Crippen molar-refractivity contribution < 1.29 is 22.9 Å². The maximum Gasteiger partial charge on any atom is 0.267 e. The zero-order chi connectivity index (χ0) is 35.4. The molecule has 0 fully saturated rings.